The Morgan fingerprint density at radius 2 is 1.94 bits per heavy atom. The lowest BCUT2D eigenvalue weighted by molar-refractivity contribution is -0.113. The van der Waals surface area contributed by atoms with E-state index in [4.69, 9.17) is 4.74 Å². The number of nitrogens with zero attached hydrogens (tertiary/aromatic N) is 2. The number of amides is 2. The van der Waals surface area contributed by atoms with E-state index < -0.39 is 0 Å². The van der Waals surface area contributed by atoms with Crippen LogP contribution in [0.5, 0.6) is 5.75 Å². The normalized spacial score (nSPS) is 10.6. The first-order chi connectivity index (χ1) is 15.6. The number of anilines is 1. The molecule has 0 spiro atoms. The Morgan fingerprint density at radius 3 is 2.69 bits per heavy atom. The van der Waals surface area contributed by atoms with Crippen LogP contribution in [-0.2, 0) is 4.79 Å². The summed E-state index contributed by atoms with van der Waals surface area (Å²) in [4.78, 5) is 29.1. The van der Waals surface area contributed by atoms with E-state index in [2.05, 4.69) is 22.5 Å². The van der Waals surface area contributed by atoms with Gasteiger partial charge in [-0.3, -0.25) is 14.2 Å². The molecule has 0 radical (unpaired) electrons. The zero-order chi connectivity index (χ0) is 22.8. The van der Waals surface area contributed by atoms with Gasteiger partial charge in [0, 0.05) is 35.9 Å². The first kappa shape index (κ1) is 23.4. The summed E-state index contributed by atoms with van der Waals surface area (Å²) in [5.74, 6) is 0.756. The van der Waals surface area contributed by atoms with Crippen LogP contribution in [0.25, 0.3) is 5.69 Å². The number of aromatic nitrogens is 2. The van der Waals surface area contributed by atoms with Crippen molar-refractivity contribution in [2.24, 2.45) is 0 Å². The van der Waals surface area contributed by atoms with Crippen LogP contribution < -0.4 is 15.4 Å². The molecular weight excluding hydrogens is 424 g/mol. The number of thioether (sulfide) groups is 1. The van der Waals surface area contributed by atoms with Gasteiger partial charge in [0.15, 0.2) is 5.16 Å². The van der Waals surface area contributed by atoms with Gasteiger partial charge >= 0.3 is 0 Å². The lowest BCUT2D eigenvalue weighted by Gasteiger charge is -2.10. The van der Waals surface area contributed by atoms with Gasteiger partial charge in [-0.25, -0.2) is 4.98 Å². The molecule has 168 valence electrons. The van der Waals surface area contributed by atoms with Crippen LogP contribution in [-0.4, -0.2) is 40.3 Å². The van der Waals surface area contributed by atoms with Crippen LogP contribution in [0, 0.1) is 0 Å². The van der Waals surface area contributed by atoms with E-state index in [-0.39, 0.29) is 17.6 Å². The molecule has 8 heteroatoms. The fourth-order valence-electron chi connectivity index (χ4n) is 3.00. The predicted octanol–water partition coefficient (Wildman–Crippen LogP) is 4.53. The molecule has 0 aliphatic carbocycles. The highest BCUT2D eigenvalue weighted by Crippen LogP contribution is 2.22. The number of ether oxygens (including phenoxy) is 1. The minimum absolute atomic E-state index is 0.0932. The zero-order valence-electron chi connectivity index (χ0n) is 18.3. The molecule has 7 nitrogen and oxygen atoms in total. The number of nitrogens with one attached hydrogen (secondary N) is 2. The Balaban J connectivity index is 1.60. The van der Waals surface area contributed by atoms with Crippen molar-refractivity contribution >= 4 is 29.3 Å². The van der Waals surface area contributed by atoms with Gasteiger partial charge in [-0.05, 0) is 55.8 Å². The molecule has 0 aliphatic rings. The van der Waals surface area contributed by atoms with E-state index >= 15 is 0 Å². The molecule has 1 aromatic heterocycles. The molecule has 1 heterocycles. The molecule has 32 heavy (non-hydrogen) atoms. The third-order valence-electron chi connectivity index (χ3n) is 4.59. The summed E-state index contributed by atoms with van der Waals surface area (Å²) in [6.07, 6.45) is 5.48. The molecule has 0 saturated carbocycles. The van der Waals surface area contributed by atoms with Gasteiger partial charge in [0.25, 0.3) is 5.91 Å². The quantitative estimate of drug-likeness (QED) is 0.330. The summed E-state index contributed by atoms with van der Waals surface area (Å²) in [7, 11) is 0. The first-order valence-corrected chi connectivity index (χ1v) is 11.7. The van der Waals surface area contributed by atoms with Gasteiger partial charge in [-0.15, -0.1) is 0 Å². The van der Waals surface area contributed by atoms with Crippen LogP contribution in [0.3, 0.4) is 0 Å². The number of unbranched alkanes of at least 4 members (excludes halogenated alkanes) is 1. The zero-order valence-corrected chi connectivity index (χ0v) is 19.2. The van der Waals surface area contributed by atoms with Gasteiger partial charge in [-0.1, -0.05) is 31.2 Å². The second-order valence-electron chi connectivity index (χ2n) is 7.03. The van der Waals surface area contributed by atoms with Crippen molar-refractivity contribution in [3.8, 4) is 11.4 Å². The fraction of sp³-hybridized carbons (Fsp3) is 0.292. The first-order valence-electron chi connectivity index (χ1n) is 10.7. The molecule has 0 fully saturated rings. The lowest BCUT2D eigenvalue weighted by Crippen LogP contribution is -2.24. The van der Waals surface area contributed by atoms with Crippen LogP contribution in [0.2, 0.25) is 0 Å². The van der Waals surface area contributed by atoms with Crippen LogP contribution >= 0.6 is 11.8 Å². The molecular formula is C24H28N4O3S. The topological polar surface area (TPSA) is 85.2 Å². The maximum atomic E-state index is 12.4. The summed E-state index contributed by atoms with van der Waals surface area (Å²) in [5, 5.41) is 6.48. The molecule has 3 aromatic rings. The van der Waals surface area contributed by atoms with E-state index in [9.17, 15) is 9.59 Å². The Bertz CT molecular complexity index is 1030. The van der Waals surface area contributed by atoms with Gasteiger partial charge in [0.05, 0.1) is 12.4 Å². The smallest absolute Gasteiger partial charge is 0.251 e. The number of hydrogen-bond acceptors (Lipinski definition) is 5. The van der Waals surface area contributed by atoms with Crippen molar-refractivity contribution in [1.82, 2.24) is 14.9 Å². The van der Waals surface area contributed by atoms with E-state index in [0.717, 1.165) is 24.3 Å². The number of rotatable bonds is 11. The van der Waals surface area contributed by atoms with Crippen LogP contribution in [0.4, 0.5) is 5.69 Å². The maximum absolute atomic E-state index is 12.4. The maximum Gasteiger partial charge on any atom is 0.251 e. The summed E-state index contributed by atoms with van der Waals surface area (Å²) in [5.41, 5.74) is 2.13. The summed E-state index contributed by atoms with van der Waals surface area (Å²) < 4.78 is 7.28. The molecule has 2 N–H and O–H groups in total. The van der Waals surface area contributed by atoms with Crippen molar-refractivity contribution in [3.05, 3.63) is 66.5 Å². The average Bonchev–Trinajstić information content (AvgIpc) is 3.28. The molecule has 2 aromatic carbocycles. The van der Waals surface area contributed by atoms with E-state index in [1.165, 1.54) is 11.8 Å². The highest BCUT2D eigenvalue weighted by atomic mass is 32.2. The number of benzene rings is 2. The van der Waals surface area contributed by atoms with Crippen molar-refractivity contribution in [3.63, 3.8) is 0 Å². The lowest BCUT2D eigenvalue weighted by atomic mass is 10.2. The largest absolute Gasteiger partial charge is 0.494 e. The van der Waals surface area contributed by atoms with Gasteiger partial charge in [0.1, 0.15) is 5.75 Å². The Morgan fingerprint density at radius 1 is 1.12 bits per heavy atom. The monoisotopic (exact) mass is 452 g/mol. The molecule has 2 amide bonds. The molecule has 0 atom stereocenters. The Kier molecular flexibility index (Phi) is 8.74. The van der Waals surface area contributed by atoms with Crippen molar-refractivity contribution < 1.29 is 14.3 Å². The summed E-state index contributed by atoms with van der Waals surface area (Å²) in [6, 6.07) is 14.6. The highest BCUT2D eigenvalue weighted by Gasteiger charge is 2.12. The standard InChI is InChI=1S/C24H28N4O3S/c1-3-5-13-25-23(30)18-7-6-8-20(16-18)28-15-14-26-24(28)32-17-22(29)27-19-9-11-21(12-10-19)31-4-2/h6-12,14-16H,3-5,13,17H2,1-2H3,(H,25,30)(H,27,29). The highest BCUT2D eigenvalue weighted by molar-refractivity contribution is 7.99. The van der Waals surface area contributed by atoms with Crippen molar-refractivity contribution in [1.29, 1.82) is 0 Å². The molecule has 3 rings (SSSR count). The van der Waals surface area contributed by atoms with Crippen molar-refractivity contribution in [2.45, 2.75) is 31.8 Å². The minimum atomic E-state index is -0.127. The minimum Gasteiger partial charge on any atom is -0.494 e. The average molecular weight is 453 g/mol. The number of hydrogen-bond donors (Lipinski definition) is 2. The van der Waals surface area contributed by atoms with Crippen molar-refractivity contribution in [2.75, 3.05) is 24.2 Å². The van der Waals surface area contributed by atoms with Gasteiger partial charge in [0.2, 0.25) is 5.91 Å². The van der Waals surface area contributed by atoms with E-state index in [1.54, 1.807) is 12.3 Å². The second-order valence-corrected chi connectivity index (χ2v) is 7.98. The number of carbonyl (C=O) groups excluding carboxylic acids is 2. The van der Waals surface area contributed by atoms with Crippen LogP contribution in [0.1, 0.15) is 37.0 Å². The Labute approximate surface area is 192 Å². The van der Waals surface area contributed by atoms with Gasteiger partial charge < -0.3 is 15.4 Å². The Hall–Kier alpha value is -3.26. The van der Waals surface area contributed by atoms with E-state index in [0.29, 0.717) is 29.6 Å². The SMILES string of the molecule is CCCCNC(=O)c1cccc(-n2ccnc2SCC(=O)Nc2ccc(OCC)cc2)c1. The van der Waals surface area contributed by atoms with Crippen LogP contribution in [0.15, 0.2) is 66.1 Å². The fourth-order valence-corrected chi connectivity index (χ4v) is 3.77. The predicted molar refractivity (Wildman–Crippen MR) is 128 cm³/mol. The van der Waals surface area contributed by atoms with Gasteiger partial charge in [-0.2, -0.15) is 0 Å². The third-order valence-corrected chi connectivity index (χ3v) is 5.56. The molecule has 0 aliphatic heterocycles. The number of imidazole rings is 1. The van der Waals surface area contributed by atoms with E-state index in [1.807, 2.05) is 60.2 Å². The molecule has 0 unspecified atom stereocenters. The molecule has 0 saturated heterocycles. The summed E-state index contributed by atoms with van der Waals surface area (Å²) >= 11 is 1.33. The molecule has 0 bridgehead atoms. The number of carbonyl (C=O) groups is 2. The third kappa shape index (κ3) is 6.62. The summed E-state index contributed by atoms with van der Waals surface area (Å²) in [6.45, 7) is 5.27. The second kappa shape index (κ2) is 12.0.